The van der Waals surface area contributed by atoms with Crippen LogP contribution in [0.3, 0.4) is 0 Å². The second-order valence-electron chi connectivity index (χ2n) is 9.35. The Hall–Kier alpha value is -2.44. The number of benzene rings is 1. The van der Waals surface area contributed by atoms with Crippen molar-refractivity contribution in [2.24, 2.45) is 17.8 Å². The molecular weight excluding hydrogens is 482 g/mol. The minimum Gasteiger partial charge on any atom is -0.369 e. The van der Waals surface area contributed by atoms with E-state index >= 15 is 0 Å². The molecular formula is C24H30AsFN6O. The van der Waals surface area contributed by atoms with Crippen LogP contribution in [-0.4, -0.2) is 75.6 Å². The number of anilines is 4. The Morgan fingerprint density at radius 2 is 1.94 bits per heavy atom. The molecule has 5 rings (SSSR count). The third kappa shape index (κ3) is 4.51. The number of likely N-dealkylation sites (N-methyl/N-ethyl adjacent to an activating group) is 1. The van der Waals surface area contributed by atoms with Gasteiger partial charge in [-0.1, -0.05) is 0 Å². The number of hydrogen-bond acceptors (Lipinski definition) is 7. The molecule has 1 aromatic heterocycles. The predicted octanol–water partition coefficient (Wildman–Crippen LogP) is 2.18. The molecule has 2 fully saturated rings. The van der Waals surface area contributed by atoms with Gasteiger partial charge in [0.25, 0.3) is 0 Å². The van der Waals surface area contributed by atoms with E-state index in [-0.39, 0.29) is 34.2 Å². The summed E-state index contributed by atoms with van der Waals surface area (Å²) in [6.07, 6.45) is 6.38. The summed E-state index contributed by atoms with van der Waals surface area (Å²) in [6.45, 7) is 6.25. The first-order valence-electron chi connectivity index (χ1n) is 11.5. The summed E-state index contributed by atoms with van der Waals surface area (Å²) in [4.78, 5) is 25.5. The van der Waals surface area contributed by atoms with Gasteiger partial charge in [0, 0.05) is 26.2 Å². The first-order chi connectivity index (χ1) is 15.9. The zero-order valence-corrected chi connectivity index (χ0v) is 21.4. The molecule has 1 unspecified atom stereocenters. The molecule has 2 aliphatic carbocycles. The molecule has 0 amide bonds. The molecule has 1 aromatic carbocycles. The zero-order valence-electron chi connectivity index (χ0n) is 19.0. The quantitative estimate of drug-likeness (QED) is 0.454. The Kier molecular flexibility index (Phi) is 6.14. The number of aryl methyl sites for hydroxylation is 1. The molecule has 33 heavy (non-hydrogen) atoms. The molecule has 174 valence electrons. The van der Waals surface area contributed by atoms with Crippen LogP contribution in [0.1, 0.15) is 12.0 Å². The van der Waals surface area contributed by atoms with E-state index in [0.29, 0.717) is 5.95 Å². The van der Waals surface area contributed by atoms with Gasteiger partial charge in [-0.25, -0.2) is 0 Å². The van der Waals surface area contributed by atoms with Crippen molar-refractivity contribution < 1.29 is 9.18 Å². The second-order valence-corrected chi connectivity index (χ2v) is 10.5. The van der Waals surface area contributed by atoms with Crippen LogP contribution in [0.2, 0.25) is 0 Å². The number of fused-ring (bicyclic) bond motifs is 2. The van der Waals surface area contributed by atoms with Gasteiger partial charge in [0.1, 0.15) is 0 Å². The number of aromatic nitrogens is 2. The van der Waals surface area contributed by atoms with E-state index in [1.165, 1.54) is 17.4 Å². The van der Waals surface area contributed by atoms with Crippen molar-refractivity contribution in [3.05, 3.63) is 47.9 Å². The number of carbonyl (C=O) groups excluding carboxylic acids is 1. The molecule has 7 nitrogen and oxygen atoms in total. The fourth-order valence-electron chi connectivity index (χ4n) is 5.36. The summed E-state index contributed by atoms with van der Waals surface area (Å²) in [5.74, 6) is 0.319. The number of allylic oxidation sites excluding steroid dienone is 1. The van der Waals surface area contributed by atoms with Crippen LogP contribution in [0.4, 0.5) is 27.5 Å². The smallest absolute Gasteiger partial charge is 0.369 e. The molecule has 2 N–H and O–H groups in total. The van der Waals surface area contributed by atoms with Crippen molar-refractivity contribution in [2.75, 3.05) is 48.8 Å². The van der Waals surface area contributed by atoms with E-state index in [1.807, 2.05) is 6.07 Å². The van der Waals surface area contributed by atoms with Gasteiger partial charge >= 0.3 is 159 Å². The minimum absolute atomic E-state index is 0.115. The summed E-state index contributed by atoms with van der Waals surface area (Å²) in [7, 11) is 2.15. The van der Waals surface area contributed by atoms with Gasteiger partial charge in [-0.15, -0.1) is 0 Å². The van der Waals surface area contributed by atoms with Gasteiger partial charge in [-0.2, -0.15) is 0 Å². The van der Waals surface area contributed by atoms with Gasteiger partial charge in [0.15, 0.2) is 0 Å². The van der Waals surface area contributed by atoms with Crippen molar-refractivity contribution in [1.29, 1.82) is 0 Å². The summed E-state index contributed by atoms with van der Waals surface area (Å²) < 4.78 is 14.8. The fraction of sp³-hybridized carbons (Fsp3) is 0.458. The molecule has 9 heteroatoms. The number of nitrogens with zero attached hydrogens (tertiary/aromatic N) is 4. The fourth-order valence-corrected chi connectivity index (χ4v) is 6.31. The molecule has 5 atom stereocenters. The zero-order chi connectivity index (χ0) is 23.1. The predicted molar refractivity (Wildman–Crippen MR) is 131 cm³/mol. The molecule has 2 bridgehead atoms. The summed E-state index contributed by atoms with van der Waals surface area (Å²) in [6, 6.07) is 6.07. The van der Waals surface area contributed by atoms with Crippen LogP contribution in [0.25, 0.3) is 0 Å². The summed E-state index contributed by atoms with van der Waals surface area (Å²) in [5, 5.41) is 6.44. The van der Waals surface area contributed by atoms with Gasteiger partial charge in [-0.3, -0.25) is 0 Å². The first kappa shape index (κ1) is 22.4. The monoisotopic (exact) mass is 512 g/mol. The molecule has 1 saturated carbocycles. The average Bonchev–Trinajstić information content (AvgIpc) is 3.39. The van der Waals surface area contributed by atoms with E-state index in [9.17, 15) is 9.18 Å². The van der Waals surface area contributed by atoms with Crippen molar-refractivity contribution in [2.45, 2.75) is 19.4 Å². The van der Waals surface area contributed by atoms with Crippen LogP contribution in [0, 0.1) is 30.5 Å². The SMILES string of the molecule is Cc1cc(Nc2ncc(F)c(N[C@H]3[C@@H](C(=O)[AsH2])[C@H]4C=C[C@@H]3C4)n2)ccc1N1CCN(C)CC1. The maximum absolute atomic E-state index is 14.6. The molecule has 2 aromatic rings. The first-order valence-corrected chi connectivity index (χ1v) is 12.7. The van der Waals surface area contributed by atoms with Crippen LogP contribution in [0.5, 0.6) is 0 Å². The molecule has 3 aliphatic rings. The molecule has 2 heterocycles. The number of nitrogens with one attached hydrogen (secondary N) is 2. The number of halogens is 1. The molecule has 1 aliphatic heterocycles. The number of piperazine rings is 1. The normalized spacial score (nSPS) is 26.6. The van der Waals surface area contributed by atoms with Crippen LogP contribution in [-0.2, 0) is 4.79 Å². The second kappa shape index (κ2) is 9.07. The Morgan fingerprint density at radius 3 is 2.67 bits per heavy atom. The van der Waals surface area contributed by atoms with E-state index in [2.05, 4.69) is 68.7 Å². The van der Waals surface area contributed by atoms with Gasteiger partial charge in [0.05, 0.1) is 0 Å². The standard InChI is InChI=1S/C24H30AsFN6O/c1-14-11-17(5-6-19(14)32-9-7-31(2)8-10-32)28-24-27-13-18(26)23(30-24)29-21-16-4-3-15(12-16)20(21)22(25)33/h3-6,11,13,15-16,20-21H,7-10,12,25H2,1-2H3,(H2,27,28,29,30)/t15-,16+,20-,21+/m0/s1. The van der Waals surface area contributed by atoms with Crippen molar-refractivity contribution in [1.82, 2.24) is 14.9 Å². The third-order valence-corrected chi connectivity index (χ3v) is 7.94. The van der Waals surface area contributed by atoms with Crippen LogP contribution >= 0.6 is 0 Å². The van der Waals surface area contributed by atoms with Gasteiger partial charge in [-0.05, 0) is 7.05 Å². The Morgan fingerprint density at radius 1 is 1.18 bits per heavy atom. The molecule has 0 spiro atoms. The Labute approximate surface area is 202 Å². The number of hydrogen-bond donors (Lipinski definition) is 2. The number of rotatable bonds is 6. The van der Waals surface area contributed by atoms with Gasteiger partial charge in [0.2, 0.25) is 0 Å². The van der Waals surface area contributed by atoms with Crippen LogP contribution in [0.15, 0.2) is 36.5 Å². The van der Waals surface area contributed by atoms with Gasteiger partial charge < -0.3 is 9.80 Å². The topological polar surface area (TPSA) is 73.4 Å². The summed E-state index contributed by atoms with van der Waals surface area (Å²) >= 11 is 1.11. The van der Waals surface area contributed by atoms with Crippen molar-refractivity contribution in [3.63, 3.8) is 0 Å². The van der Waals surface area contributed by atoms with E-state index < -0.39 is 5.82 Å². The minimum atomic E-state index is -0.512. The van der Waals surface area contributed by atoms with Crippen molar-refractivity contribution >= 4 is 44.6 Å². The van der Waals surface area contributed by atoms with E-state index in [1.54, 1.807) is 0 Å². The van der Waals surface area contributed by atoms with E-state index in [4.69, 9.17) is 0 Å². The Balaban J connectivity index is 1.31. The third-order valence-electron chi connectivity index (χ3n) is 7.13. The maximum atomic E-state index is 14.6. The Bertz CT molecular complexity index is 1090. The van der Waals surface area contributed by atoms with Crippen molar-refractivity contribution in [3.8, 4) is 0 Å². The average molecular weight is 512 g/mol. The van der Waals surface area contributed by atoms with E-state index in [0.717, 1.165) is 55.1 Å². The summed E-state index contributed by atoms with van der Waals surface area (Å²) in [5.41, 5.74) is 3.26. The van der Waals surface area contributed by atoms with Crippen LogP contribution < -0.4 is 15.5 Å². The molecule has 1 saturated heterocycles. The number of carbonyl (C=O) groups is 1. The molecule has 0 radical (unpaired) electrons.